The van der Waals surface area contributed by atoms with Crippen molar-refractivity contribution in [3.63, 3.8) is 0 Å². The number of carbonyl (C=O) groups excluding carboxylic acids is 1. The molecule has 0 fully saturated rings. The Kier molecular flexibility index (Phi) is 6.71. The number of amides is 2. The van der Waals surface area contributed by atoms with Crippen LogP contribution < -0.4 is 20.1 Å². The molecule has 140 valence electrons. The zero-order valence-corrected chi connectivity index (χ0v) is 14.3. The van der Waals surface area contributed by atoms with Gasteiger partial charge in [0, 0.05) is 11.8 Å². The van der Waals surface area contributed by atoms with Crippen molar-refractivity contribution in [2.45, 2.75) is 20.5 Å². The third kappa shape index (κ3) is 5.58. The first kappa shape index (κ1) is 19.4. The summed E-state index contributed by atoms with van der Waals surface area (Å²) in [6.45, 7) is 1.23. The van der Waals surface area contributed by atoms with Crippen LogP contribution in [0.5, 0.6) is 11.5 Å². The van der Waals surface area contributed by atoms with Crippen molar-refractivity contribution < 1.29 is 27.4 Å². The predicted octanol–water partition coefficient (Wildman–Crippen LogP) is 4.24. The van der Waals surface area contributed by atoms with E-state index in [1.54, 1.807) is 0 Å². The molecule has 2 rings (SSSR count). The van der Waals surface area contributed by atoms with Gasteiger partial charge in [0.25, 0.3) is 0 Å². The number of urea groups is 1. The fourth-order valence-corrected chi connectivity index (χ4v) is 2.29. The summed E-state index contributed by atoms with van der Waals surface area (Å²) in [7, 11) is 0. The van der Waals surface area contributed by atoms with E-state index in [4.69, 9.17) is 4.74 Å². The monoisotopic (exact) mass is 368 g/mol. The molecule has 0 spiro atoms. The SMILES string of the molecule is Cc1cccc(C)c1OCCNC(=O)Nc1ccc(OC(F)F)c(F)c1. The highest BCUT2D eigenvalue weighted by atomic mass is 19.3. The highest BCUT2D eigenvalue weighted by Crippen LogP contribution is 2.23. The Morgan fingerprint density at radius 1 is 1.15 bits per heavy atom. The third-order valence-electron chi connectivity index (χ3n) is 3.45. The standard InChI is InChI=1S/C18H19F3N2O3/c1-11-4-3-5-12(2)16(11)25-9-8-22-18(24)23-13-6-7-15(14(19)10-13)26-17(20)21/h3-7,10,17H,8-9H2,1-2H3,(H2,22,23,24). The Labute approximate surface area is 149 Å². The highest BCUT2D eigenvalue weighted by Gasteiger charge is 2.11. The van der Waals surface area contributed by atoms with Gasteiger partial charge < -0.3 is 20.1 Å². The maximum atomic E-state index is 13.6. The predicted molar refractivity (Wildman–Crippen MR) is 91.5 cm³/mol. The van der Waals surface area contributed by atoms with Gasteiger partial charge in [0.2, 0.25) is 0 Å². The minimum atomic E-state index is -3.12. The average molecular weight is 368 g/mol. The summed E-state index contributed by atoms with van der Waals surface area (Å²) in [6.07, 6.45) is 0. The normalized spacial score (nSPS) is 10.5. The fraction of sp³-hybridized carbons (Fsp3) is 0.278. The molecule has 0 bridgehead atoms. The molecule has 0 aliphatic rings. The van der Waals surface area contributed by atoms with Crippen LogP contribution in [0.4, 0.5) is 23.7 Å². The number of hydrogen-bond donors (Lipinski definition) is 2. The number of rotatable bonds is 7. The summed E-state index contributed by atoms with van der Waals surface area (Å²) >= 11 is 0. The van der Waals surface area contributed by atoms with E-state index in [1.165, 1.54) is 6.07 Å². The minimum absolute atomic E-state index is 0.109. The van der Waals surface area contributed by atoms with Crippen LogP contribution in [0.25, 0.3) is 0 Å². The first-order valence-electron chi connectivity index (χ1n) is 7.85. The Bertz CT molecular complexity index is 749. The number of ether oxygens (including phenoxy) is 2. The smallest absolute Gasteiger partial charge is 0.387 e. The Morgan fingerprint density at radius 2 is 1.85 bits per heavy atom. The second-order valence-electron chi connectivity index (χ2n) is 5.47. The number of carbonyl (C=O) groups is 1. The van der Waals surface area contributed by atoms with Gasteiger partial charge in [-0.15, -0.1) is 0 Å². The Hall–Kier alpha value is -2.90. The van der Waals surface area contributed by atoms with Crippen molar-refractivity contribution >= 4 is 11.7 Å². The van der Waals surface area contributed by atoms with E-state index in [-0.39, 0.29) is 18.8 Å². The number of halogens is 3. The van der Waals surface area contributed by atoms with E-state index >= 15 is 0 Å². The lowest BCUT2D eigenvalue weighted by atomic mass is 10.1. The summed E-state index contributed by atoms with van der Waals surface area (Å²) in [5.41, 5.74) is 2.10. The van der Waals surface area contributed by atoms with Crippen molar-refractivity contribution in [2.24, 2.45) is 0 Å². The van der Waals surface area contributed by atoms with Crippen LogP contribution in [0, 0.1) is 19.7 Å². The van der Waals surface area contributed by atoms with Gasteiger partial charge in [0.05, 0.1) is 6.54 Å². The van der Waals surface area contributed by atoms with E-state index in [1.807, 2.05) is 32.0 Å². The van der Waals surface area contributed by atoms with E-state index < -0.39 is 24.2 Å². The zero-order chi connectivity index (χ0) is 19.1. The minimum Gasteiger partial charge on any atom is -0.491 e. The molecule has 26 heavy (non-hydrogen) atoms. The molecule has 8 heteroatoms. The van der Waals surface area contributed by atoms with Gasteiger partial charge in [-0.3, -0.25) is 0 Å². The maximum absolute atomic E-state index is 13.6. The van der Waals surface area contributed by atoms with Gasteiger partial charge in [-0.2, -0.15) is 8.78 Å². The molecule has 0 saturated heterocycles. The van der Waals surface area contributed by atoms with Crippen molar-refractivity contribution in [2.75, 3.05) is 18.5 Å². The quantitative estimate of drug-likeness (QED) is 0.719. The number of anilines is 1. The molecule has 5 nitrogen and oxygen atoms in total. The van der Waals surface area contributed by atoms with Crippen LogP contribution in [0.3, 0.4) is 0 Å². The van der Waals surface area contributed by atoms with Crippen molar-refractivity contribution in [3.05, 3.63) is 53.3 Å². The Morgan fingerprint density at radius 3 is 2.46 bits per heavy atom. The van der Waals surface area contributed by atoms with Gasteiger partial charge in [-0.25, -0.2) is 9.18 Å². The molecule has 0 aromatic heterocycles. The first-order valence-corrected chi connectivity index (χ1v) is 7.85. The highest BCUT2D eigenvalue weighted by molar-refractivity contribution is 5.89. The zero-order valence-electron chi connectivity index (χ0n) is 14.3. The lowest BCUT2D eigenvalue weighted by molar-refractivity contribution is -0.0521. The molecule has 0 aliphatic carbocycles. The Balaban J connectivity index is 1.79. The van der Waals surface area contributed by atoms with Crippen LogP contribution in [-0.2, 0) is 0 Å². The number of alkyl halides is 2. The van der Waals surface area contributed by atoms with Crippen LogP contribution >= 0.6 is 0 Å². The van der Waals surface area contributed by atoms with E-state index in [0.29, 0.717) is 0 Å². The largest absolute Gasteiger partial charge is 0.491 e. The van der Waals surface area contributed by atoms with Crippen molar-refractivity contribution in [1.29, 1.82) is 0 Å². The van der Waals surface area contributed by atoms with E-state index in [0.717, 1.165) is 29.0 Å². The molecule has 0 aliphatic heterocycles. The summed E-state index contributed by atoms with van der Waals surface area (Å²) in [5, 5.41) is 4.95. The topological polar surface area (TPSA) is 59.6 Å². The molecule has 0 saturated carbocycles. The van der Waals surface area contributed by atoms with Crippen LogP contribution in [0.1, 0.15) is 11.1 Å². The molecule has 0 heterocycles. The van der Waals surface area contributed by atoms with Crippen LogP contribution in [0.15, 0.2) is 36.4 Å². The molecule has 2 amide bonds. The van der Waals surface area contributed by atoms with Gasteiger partial charge >= 0.3 is 12.6 Å². The van der Waals surface area contributed by atoms with Gasteiger partial charge in [0.1, 0.15) is 12.4 Å². The molecule has 0 unspecified atom stereocenters. The number of aryl methyl sites for hydroxylation is 2. The van der Waals surface area contributed by atoms with E-state index in [9.17, 15) is 18.0 Å². The molecular formula is C18H19F3N2O3. The van der Waals surface area contributed by atoms with Crippen LogP contribution in [-0.4, -0.2) is 25.8 Å². The third-order valence-corrected chi connectivity index (χ3v) is 3.45. The molecular weight excluding hydrogens is 349 g/mol. The summed E-state index contributed by atoms with van der Waals surface area (Å²) in [4.78, 5) is 11.8. The van der Waals surface area contributed by atoms with Gasteiger partial charge in [0.15, 0.2) is 11.6 Å². The van der Waals surface area contributed by atoms with Gasteiger partial charge in [-0.1, -0.05) is 18.2 Å². The maximum Gasteiger partial charge on any atom is 0.387 e. The van der Waals surface area contributed by atoms with Crippen molar-refractivity contribution in [1.82, 2.24) is 5.32 Å². The summed E-state index contributed by atoms with van der Waals surface area (Å²) in [6, 6.07) is 8.38. The molecule has 2 aromatic carbocycles. The molecule has 0 radical (unpaired) electrons. The number of para-hydroxylation sites is 1. The lowest BCUT2D eigenvalue weighted by Gasteiger charge is -2.13. The van der Waals surface area contributed by atoms with Gasteiger partial charge in [-0.05, 0) is 37.1 Å². The number of benzene rings is 2. The molecule has 2 N–H and O–H groups in total. The first-order chi connectivity index (χ1) is 12.4. The molecule has 0 atom stereocenters. The van der Waals surface area contributed by atoms with Crippen LogP contribution in [0.2, 0.25) is 0 Å². The fourth-order valence-electron chi connectivity index (χ4n) is 2.29. The van der Waals surface area contributed by atoms with Crippen molar-refractivity contribution in [3.8, 4) is 11.5 Å². The lowest BCUT2D eigenvalue weighted by Crippen LogP contribution is -2.32. The summed E-state index contributed by atoms with van der Waals surface area (Å²) < 4.78 is 47.4. The second-order valence-corrected chi connectivity index (χ2v) is 5.47. The number of hydrogen-bond acceptors (Lipinski definition) is 3. The number of nitrogens with one attached hydrogen (secondary N) is 2. The summed E-state index contributed by atoms with van der Waals surface area (Å²) in [5.74, 6) is -0.819. The second kappa shape index (κ2) is 8.98. The molecule has 2 aromatic rings. The van der Waals surface area contributed by atoms with E-state index in [2.05, 4.69) is 15.4 Å². The average Bonchev–Trinajstić information content (AvgIpc) is 2.56.